The molecule has 1 fully saturated rings. The summed E-state index contributed by atoms with van der Waals surface area (Å²) < 4.78 is 25.2. The minimum absolute atomic E-state index is 0.0952. The Bertz CT molecular complexity index is 645. The average molecular weight is 339 g/mol. The van der Waals surface area contributed by atoms with Crippen molar-refractivity contribution in [2.24, 2.45) is 5.92 Å². The minimum atomic E-state index is -3.09. The smallest absolute Gasteiger partial charge is 0.251 e. The molecule has 6 nitrogen and oxygen atoms in total. The Kier molecular flexibility index (Phi) is 5.75. The fourth-order valence-electron chi connectivity index (χ4n) is 2.88. The van der Waals surface area contributed by atoms with E-state index in [1.54, 1.807) is 23.4 Å². The molecule has 0 atom stereocenters. The summed E-state index contributed by atoms with van der Waals surface area (Å²) in [5.41, 5.74) is 2.28. The second kappa shape index (κ2) is 7.40. The number of nitrogens with zero attached hydrogens (tertiary/aromatic N) is 2. The van der Waals surface area contributed by atoms with Crippen molar-refractivity contribution in [3.63, 3.8) is 0 Å². The SMILES string of the molecule is CCS(=O)(=O)N1CCC(CNC(=O)c2cc(C)nc(C)c2)CC1. The van der Waals surface area contributed by atoms with Crippen molar-refractivity contribution in [1.82, 2.24) is 14.6 Å². The van der Waals surface area contributed by atoms with Crippen LogP contribution in [-0.4, -0.2) is 49.0 Å². The van der Waals surface area contributed by atoms with Gasteiger partial charge in [-0.05, 0) is 51.7 Å². The molecule has 2 heterocycles. The largest absolute Gasteiger partial charge is 0.352 e. The predicted molar refractivity (Wildman–Crippen MR) is 89.8 cm³/mol. The van der Waals surface area contributed by atoms with Gasteiger partial charge in [0.2, 0.25) is 10.0 Å². The van der Waals surface area contributed by atoms with E-state index in [0.29, 0.717) is 31.1 Å². The van der Waals surface area contributed by atoms with Crippen molar-refractivity contribution in [1.29, 1.82) is 0 Å². The Labute approximate surface area is 138 Å². The number of piperidine rings is 1. The summed E-state index contributed by atoms with van der Waals surface area (Å²) in [6, 6.07) is 3.55. The summed E-state index contributed by atoms with van der Waals surface area (Å²) in [7, 11) is -3.09. The van der Waals surface area contributed by atoms with Crippen molar-refractivity contribution in [2.45, 2.75) is 33.6 Å². The van der Waals surface area contributed by atoms with Gasteiger partial charge in [-0.3, -0.25) is 9.78 Å². The van der Waals surface area contributed by atoms with E-state index in [1.807, 2.05) is 13.8 Å². The van der Waals surface area contributed by atoms with Crippen molar-refractivity contribution in [3.05, 3.63) is 29.1 Å². The zero-order valence-electron chi connectivity index (χ0n) is 14.0. The van der Waals surface area contributed by atoms with Gasteiger partial charge in [0, 0.05) is 36.6 Å². The molecule has 0 radical (unpaired) electrons. The molecule has 7 heteroatoms. The molecule has 128 valence electrons. The molecule has 1 N–H and O–H groups in total. The van der Waals surface area contributed by atoms with Gasteiger partial charge >= 0.3 is 0 Å². The molecule has 1 aromatic heterocycles. The van der Waals surface area contributed by atoms with Crippen LogP contribution in [0, 0.1) is 19.8 Å². The third-order valence-electron chi connectivity index (χ3n) is 4.23. The van der Waals surface area contributed by atoms with Crippen LogP contribution in [0.15, 0.2) is 12.1 Å². The van der Waals surface area contributed by atoms with E-state index in [2.05, 4.69) is 10.3 Å². The molecule has 1 saturated heterocycles. The monoisotopic (exact) mass is 339 g/mol. The minimum Gasteiger partial charge on any atom is -0.352 e. The van der Waals surface area contributed by atoms with Crippen LogP contribution < -0.4 is 5.32 Å². The van der Waals surface area contributed by atoms with E-state index in [0.717, 1.165) is 24.2 Å². The third kappa shape index (κ3) is 4.75. The number of aryl methyl sites for hydroxylation is 2. The predicted octanol–water partition coefficient (Wildman–Crippen LogP) is 1.49. The summed E-state index contributed by atoms with van der Waals surface area (Å²) >= 11 is 0. The molecule has 2 rings (SSSR count). The van der Waals surface area contributed by atoms with Crippen molar-refractivity contribution < 1.29 is 13.2 Å². The Balaban J connectivity index is 1.84. The number of carbonyl (C=O) groups excluding carboxylic acids is 1. The summed E-state index contributed by atoms with van der Waals surface area (Å²) in [6.07, 6.45) is 1.57. The first kappa shape index (κ1) is 17.9. The lowest BCUT2D eigenvalue weighted by atomic mass is 9.98. The summed E-state index contributed by atoms with van der Waals surface area (Å²) in [5.74, 6) is 0.378. The second-order valence-corrected chi connectivity index (χ2v) is 8.35. The highest BCUT2D eigenvalue weighted by atomic mass is 32.2. The Hall–Kier alpha value is -1.47. The number of hydrogen-bond acceptors (Lipinski definition) is 4. The fraction of sp³-hybridized carbons (Fsp3) is 0.625. The summed E-state index contributed by atoms with van der Waals surface area (Å²) in [4.78, 5) is 16.5. The lowest BCUT2D eigenvalue weighted by molar-refractivity contribution is 0.0941. The van der Waals surface area contributed by atoms with Gasteiger partial charge in [-0.1, -0.05) is 0 Å². The van der Waals surface area contributed by atoms with Crippen LogP contribution in [0.1, 0.15) is 41.5 Å². The molecule has 0 saturated carbocycles. The maximum Gasteiger partial charge on any atom is 0.251 e. The van der Waals surface area contributed by atoms with Gasteiger partial charge in [-0.15, -0.1) is 0 Å². The van der Waals surface area contributed by atoms with E-state index < -0.39 is 10.0 Å². The molecular formula is C16H25N3O3S. The molecule has 1 aliphatic heterocycles. The molecule has 23 heavy (non-hydrogen) atoms. The van der Waals surface area contributed by atoms with Gasteiger partial charge < -0.3 is 5.32 Å². The number of amides is 1. The molecule has 1 aliphatic rings. The van der Waals surface area contributed by atoms with Crippen LogP contribution >= 0.6 is 0 Å². The van der Waals surface area contributed by atoms with Crippen LogP contribution in [0.5, 0.6) is 0 Å². The molecule has 0 spiro atoms. The first-order chi connectivity index (χ1) is 10.8. The number of rotatable bonds is 5. The maximum absolute atomic E-state index is 12.2. The summed E-state index contributed by atoms with van der Waals surface area (Å²) in [5, 5.41) is 2.96. The highest BCUT2D eigenvalue weighted by Crippen LogP contribution is 2.19. The van der Waals surface area contributed by atoms with Crippen molar-refractivity contribution in [2.75, 3.05) is 25.4 Å². The van der Waals surface area contributed by atoms with E-state index in [1.165, 1.54) is 0 Å². The van der Waals surface area contributed by atoms with Gasteiger partial charge in [0.1, 0.15) is 0 Å². The van der Waals surface area contributed by atoms with Gasteiger partial charge in [0.15, 0.2) is 0 Å². The van der Waals surface area contributed by atoms with E-state index >= 15 is 0 Å². The third-order valence-corrected chi connectivity index (χ3v) is 6.11. The van der Waals surface area contributed by atoms with Gasteiger partial charge in [0.05, 0.1) is 5.75 Å². The van der Waals surface area contributed by atoms with Gasteiger partial charge in [-0.2, -0.15) is 0 Å². The highest BCUT2D eigenvalue weighted by molar-refractivity contribution is 7.89. The standard InChI is InChI=1S/C16H25N3O3S/c1-4-23(21,22)19-7-5-14(6-8-19)11-17-16(20)15-9-12(2)18-13(3)10-15/h9-10,14H,4-8,11H2,1-3H3,(H,17,20). The Morgan fingerprint density at radius 3 is 2.35 bits per heavy atom. The fourth-order valence-corrected chi connectivity index (χ4v) is 4.01. The molecule has 0 aromatic carbocycles. The lowest BCUT2D eigenvalue weighted by Gasteiger charge is -2.31. The molecule has 0 bridgehead atoms. The Morgan fingerprint density at radius 2 is 1.83 bits per heavy atom. The number of nitrogens with one attached hydrogen (secondary N) is 1. The van der Waals surface area contributed by atoms with Gasteiger partial charge in [0.25, 0.3) is 5.91 Å². The van der Waals surface area contributed by atoms with Crippen LogP contribution in [0.2, 0.25) is 0 Å². The zero-order chi connectivity index (χ0) is 17.0. The van der Waals surface area contributed by atoms with Crippen LogP contribution in [0.4, 0.5) is 0 Å². The number of hydrogen-bond donors (Lipinski definition) is 1. The van der Waals surface area contributed by atoms with E-state index in [4.69, 9.17) is 0 Å². The number of sulfonamides is 1. The van der Waals surface area contributed by atoms with E-state index in [-0.39, 0.29) is 11.7 Å². The average Bonchev–Trinajstić information content (AvgIpc) is 2.52. The molecule has 1 amide bonds. The number of carbonyl (C=O) groups is 1. The molecule has 0 unspecified atom stereocenters. The summed E-state index contributed by atoms with van der Waals surface area (Å²) in [6.45, 7) is 7.08. The van der Waals surface area contributed by atoms with Gasteiger partial charge in [-0.25, -0.2) is 12.7 Å². The quantitative estimate of drug-likeness (QED) is 0.881. The first-order valence-corrected chi connectivity index (χ1v) is 9.64. The molecule has 1 aromatic rings. The van der Waals surface area contributed by atoms with Crippen molar-refractivity contribution in [3.8, 4) is 0 Å². The molecular weight excluding hydrogens is 314 g/mol. The van der Waals surface area contributed by atoms with Crippen molar-refractivity contribution >= 4 is 15.9 Å². The number of aromatic nitrogens is 1. The second-order valence-electron chi connectivity index (χ2n) is 6.09. The van der Waals surface area contributed by atoms with Crippen LogP contribution in [0.3, 0.4) is 0 Å². The Morgan fingerprint density at radius 1 is 1.26 bits per heavy atom. The first-order valence-electron chi connectivity index (χ1n) is 8.03. The lowest BCUT2D eigenvalue weighted by Crippen LogP contribution is -2.42. The normalized spacial score (nSPS) is 17.2. The molecule has 0 aliphatic carbocycles. The van der Waals surface area contributed by atoms with E-state index in [9.17, 15) is 13.2 Å². The number of pyridine rings is 1. The van der Waals surface area contributed by atoms with Crippen LogP contribution in [-0.2, 0) is 10.0 Å². The maximum atomic E-state index is 12.2. The highest BCUT2D eigenvalue weighted by Gasteiger charge is 2.26. The zero-order valence-corrected chi connectivity index (χ0v) is 14.8. The topological polar surface area (TPSA) is 79.4 Å². The van der Waals surface area contributed by atoms with Crippen LogP contribution in [0.25, 0.3) is 0 Å².